The number of hydrogen-bond donors (Lipinski definition) is 1. The molecular formula is C14H29N2O3P. The first kappa shape index (κ1) is 14.9. The van der Waals surface area contributed by atoms with Crippen molar-refractivity contribution in [3.63, 3.8) is 0 Å². The molecule has 1 heterocycles. The fourth-order valence-corrected chi connectivity index (χ4v) is 4.02. The third kappa shape index (κ3) is 5.05. The SMILES string of the molecule is [2H]OC[C@H]1OC([3H])CC1OP(/N=C/CC)N(C(C)C)C(C)C. The molecule has 0 radical (unpaired) electrons. The van der Waals surface area contributed by atoms with Crippen molar-refractivity contribution in [2.45, 2.75) is 71.8 Å². The van der Waals surface area contributed by atoms with Crippen LogP contribution in [-0.2, 0) is 9.26 Å². The lowest BCUT2D eigenvalue weighted by Gasteiger charge is -2.35. The van der Waals surface area contributed by atoms with E-state index in [0.29, 0.717) is 18.5 Å². The van der Waals surface area contributed by atoms with Gasteiger partial charge in [0, 0.05) is 31.3 Å². The summed E-state index contributed by atoms with van der Waals surface area (Å²) in [6, 6.07) is 0.611. The molecule has 6 heteroatoms. The summed E-state index contributed by atoms with van der Waals surface area (Å²) in [5.74, 6) is 0. The molecule has 0 aliphatic carbocycles. The molecule has 1 N–H and O–H groups in total. The Balaban J connectivity index is 2.85. The van der Waals surface area contributed by atoms with Crippen molar-refractivity contribution >= 4 is 14.7 Å². The summed E-state index contributed by atoms with van der Waals surface area (Å²) in [7, 11) is -1.15. The first-order valence-corrected chi connectivity index (χ1v) is 8.50. The Morgan fingerprint density at radius 3 is 2.85 bits per heavy atom. The molecule has 0 amide bonds. The van der Waals surface area contributed by atoms with Crippen molar-refractivity contribution in [1.82, 2.24) is 4.67 Å². The molecule has 0 spiro atoms. The molecule has 118 valence electrons. The second-order valence-corrected chi connectivity index (χ2v) is 6.82. The minimum atomic E-state index is -1.15. The lowest BCUT2D eigenvalue weighted by atomic mass is 10.2. The summed E-state index contributed by atoms with van der Waals surface area (Å²) < 4.78 is 33.2. The van der Waals surface area contributed by atoms with E-state index in [9.17, 15) is 0 Å². The van der Waals surface area contributed by atoms with Gasteiger partial charge in [-0.15, -0.1) is 0 Å². The van der Waals surface area contributed by atoms with Gasteiger partial charge in [0.2, 0.25) is 9.88 Å². The maximum atomic E-state index is 7.77. The van der Waals surface area contributed by atoms with Crippen LogP contribution in [0.15, 0.2) is 4.76 Å². The normalized spacial score (nSPS) is 30.5. The topological polar surface area (TPSA) is 54.3 Å². The van der Waals surface area contributed by atoms with Gasteiger partial charge in [0.25, 0.3) is 0 Å². The van der Waals surface area contributed by atoms with Crippen molar-refractivity contribution < 1.29 is 15.7 Å². The molecule has 3 unspecified atom stereocenters. The van der Waals surface area contributed by atoms with Crippen molar-refractivity contribution in [2.24, 2.45) is 4.76 Å². The van der Waals surface area contributed by atoms with Gasteiger partial charge in [-0.05, 0) is 34.1 Å². The minimum Gasteiger partial charge on any atom is -0.394 e. The third-order valence-corrected chi connectivity index (χ3v) is 5.17. The van der Waals surface area contributed by atoms with E-state index in [1.54, 1.807) is 0 Å². The summed E-state index contributed by atoms with van der Waals surface area (Å²) in [5, 5.41) is 4.44. The number of ether oxygens (including phenoxy) is 1. The van der Waals surface area contributed by atoms with E-state index >= 15 is 0 Å². The van der Waals surface area contributed by atoms with E-state index in [1.807, 2.05) is 13.1 Å². The zero-order chi connectivity index (χ0) is 16.7. The Morgan fingerprint density at radius 1 is 1.60 bits per heavy atom. The number of aliphatic hydroxyl groups excluding tert-OH is 1. The van der Waals surface area contributed by atoms with Gasteiger partial charge >= 0.3 is 0 Å². The summed E-state index contributed by atoms with van der Waals surface area (Å²) in [4.78, 5) is 0. The van der Waals surface area contributed by atoms with Crippen LogP contribution < -0.4 is 0 Å². The van der Waals surface area contributed by atoms with Gasteiger partial charge in [0.05, 0.1) is 14.1 Å². The van der Waals surface area contributed by atoms with Crippen LogP contribution in [0.4, 0.5) is 0 Å². The maximum absolute atomic E-state index is 7.77. The van der Waals surface area contributed by atoms with E-state index in [2.05, 4.69) is 42.2 Å². The molecule has 20 heavy (non-hydrogen) atoms. The average Bonchev–Trinajstić information content (AvgIpc) is 2.75. The largest absolute Gasteiger partial charge is 0.394 e. The quantitative estimate of drug-likeness (QED) is 0.525. The Labute approximate surface area is 127 Å². The van der Waals surface area contributed by atoms with Crippen LogP contribution in [0.1, 0.15) is 48.8 Å². The molecule has 1 rings (SSSR count). The summed E-state index contributed by atoms with van der Waals surface area (Å²) in [6.07, 6.45) is 2.59. The molecule has 4 atom stereocenters. The van der Waals surface area contributed by atoms with Crippen LogP contribution in [-0.4, -0.2) is 54.9 Å². The van der Waals surface area contributed by atoms with Gasteiger partial charge < -0.3 is 14.4 Å². The molecule has 0 aromatic rings. The van der Waals surface area contributed by atoms with Crippen molar-refractivity contribution in [1.29, 1.82) is 1.43 Å². The van der Waals surface area contributed by atoms with Crippen molar-refractivity contribution in [3.05, 3.63) is 0 Å². The van der Waals surface area contributed by atoms with Gasteiger partial charge in [-0.2, -0.15) is 0 Å². The second kappa shape index (κ2) is 9.06. The van der Waals surface area contributed by atoms with Gasteiger partial charge in [0.1, 0.15) is 6.10 Å². The zero-order valence-electron chi connectivity index (χ0n) is 15.2. The highest BCUT2D eigenvalue weighted by molar-refractivity contribution is 7.48. The van der Waals surface area contributed by atoms with Gasteiger partial charge in [-0.25, -0.2) is 9.43 Å². The summed E-state index contributed by atoms with van der Waals surface area (Å²) in [5.41, 5.74) is 0. The van der Waals surface area contributed by atoms with Gasteiger partial charge in [-0.1, -0.05) is 6.92 Å². The van der Waals surface area contributed by atoms with Crippen LogP contribution in [0.5, 0.6) is 0 Å². The second-order valence-electron chi connectivity index (χ2n) is 5.41. The number of aliphatic hydroxyl groups is 1. The first-order chi connectivity index (χ1) is 10.4. The summed E-state index contributed by atoms with van der Waals surface area (Å²) >= 11 is 0. The Hall–Kier alpha value is -0.0600. The van der Waals surface area contributed by atoms with Crippen LogP contribution in [0.3, 0.4) is 0 Å². The average molecular weight is 307 g/mol. The predicted octanol–water partition coefficient (Wildman–Crippen LogP) is 2.98. The predicted molar refractivity (Wildman–Crippen MR) is 84.1 cm³/mol. The van der Waals surface area contributed by atoms with E-state index in [0.717, 1.165) is 6.42 Å². The number of hydrogen-bond acceptors (Lipinski definition) is 5. The van der Waals surface area contributed by atoms with Crippen LogP contribution in [0.25, 0.3) is 0 Å². The molecule has 1 saturated heterocycles. The number of rotatable bonds is 9. The molecule has 0 bridgehead atoms. The Bertz CT molecular complexity index is 340. The van der Waals surface area contributed by atoms with Crippen LogP contribution in [0.2, 0.25) is 0 Å². The fourth-order valence-electron chi connectivity index (χ4n) is 2.18. The first-order valence-electron chi connectivity index (χ1n) is 8.32. The summed E-state index contributed by atoms with van der Waals surface area (Å²) in [6.45, 7) is 10.0. The lowest BCUT2D eigenvalue weighted by molar-refractivity contribution is 0.0132. The molecule has 1 aliphatic rings. The molecule has 0 aromatic heterocycles. The van der Waals surface area contributed by atoms with Gasteiger partial charge in [0.15, 0.2) is 0 Å². The van der Waals surface area contributed by atoms with E-state index < -0.39 is 15.0 Å². The van der Waals surface area contributed by atoms with Crippen LogP contribution >= 0.6 is 8.45 Å². The van der Waals surface area contributed by atoms with E-state index in [4.69, 9.17) is 12.1 Å². The van der Waals surface area contributed by atoms with E-state index in [1.165, 1.54) is 0 Å². The highest BCUT2D eigenvalue weighted by Crippen LogP contribution is 2.48. The third-order valence-electron chi connectivity index (χ3n) is 3.03. The maximum Gasteiger partial charge on any atom is 0.238 e. The minimum absolute atomic E-state index is 0.115. The highest BCUT2D eigenvalue weighted by Gasteiger charge is 2.34. The Morgan fingerprint density at radius 2 is 2.30 bits per heavy atom. The van der Waals surface area contributed by atoms with Crippen molar-refractivity contribution in [2.75, 3.05) is 13.2 Å². The molecular weight excluding hydrogens is 275 g/mol. The van der Waals surface area contributed by atoms with Gasteiger partial charge in [-0.3, -0.25) is 0 Å². The zero-order valence-corrected chi connectivity index (χ0v) is 14.0. The number of nitrogens with zero attached hydrogens (tertiary/aromatic N) is 2. The standard InChI is InChI=1S/C14H29N2O3P/c1-6-8-15-20(16(11(2)3)12(4)5)19-13-7-9-18-14(13)10-17/h8,11-14,17H,6-7,9-10H2,1-5H3/b15-8+/t13?,14-,20?/m1/s1/i9T,17D/t9?,13?,14-,20?. The molecule has 5 nitrogen and oxygen atoms in total. The molecule has 0 aromatic carbocycles. The highest BCUT2D eigenvalue weighted by atomic mass is 31.2. The molecule has 1 aliphatic heterocycles. The smallest absolute Gasteiger partial charge is 0.238 e. The van der Waals surface area contributed by atoms with Crippen LogP contribution in [0, 0.1) is 0 Å². The Kier molecular flexibility index (Phi) is 6.73. The van der Waals surface area contributed by atoms with E-state index in [-0.39, 0.29) is 18.8 Å². The van der Waals surface area contributed by atoms with Crippen molar-refractivity contribution in [3.8, 4) is 0 Å². The lowest BCUT2D eigenvalue weighted by Crippen LogP contribution is -2.35. The molecule has 0 saturated carbocycles. The monoisotopic (exact) mass is 307 g/mol. The molecule has 1 fully saturated rings. The fraction of sp³-hybridized carbons (Fsp3) is 0.929.